The van der Waals surface area contributed by atoms with Crippen LogP contribution in [0.4, 0.5) is 0 Å². The van der Waals surface area contributed by atoms with E-state index in [9.17, 15) is 4.79 Å². The van der Waals surface area contributed by atoms with Gasteiger partial charge in [-0.15, -0.1) is 11.6 Å². The Morgan fingerprint density at radius 1 is 0.870 bits per heavy atom. The third-order valence-electron chi connectivity index (χ3n) is 1.14. The lowest BCUT2D eigenvalue weighted by molar-refractivity contribution is -0.144. The standard InChI is InChI=1S/C5H10O2.C4H10O.C4H10.C3H7Cl.C3H8/c1-4(2)5(6)7-3;1-4(2)5-3;1-4(2)3;1-3(2)4;1-3-2/h4H,1-3H3;4H,1-3H3;4H,1-3H3;3H,1-2H3;3H2,1-2H3. The van der Waals surface area contributed by atoms with E-state index in [4.69, 9.17) is 16.3 Å². The van der Waals surface area contributed by atoms with Crippen molar-refractivity contribution in [1.82, 2.24) is 0 Å². The summed E-state index contributed by atoms with van der Waals surface area (Å²) >= 11 is 5.27. The zero-order chi connectivity index (χ0) is 20.0. The van der Waals surface area contributed by atoms with Gasteiger partial charge in [0.05, 0.1) is 19.1 Å². The van der Waals surface area contributed by atoms with E-state index in [1.54, 1.807) is 21.0 Å². The highest BCUT2D eigenvalue weighted by atomic mass is 35.5. The molecule has 4 heteroatoms. The molecule has 0 fully saturated rings. The Bertz CT molecular complexity index is 180. The van der Waals surface area contributed by atoms with Crippen LogP contribution in [-0.4, -0.2) is 31.7 Å². The second kappa shape index (κ2) is 29.7. The van der Waals surface area contributed by atoms with Crippen LogP contribution in [0.25, 0.3) is 0 Å². The summed E-state index contributed by atoms with van der Waals surface area (Å²) in [6, 6.07) is 0. The summed E-state index contributed by atoms with van der Waals surface area (Å²) in [7, 11) is 3.09. The maximum Gasteiger partial charge on any atom is 0.308 e. The summed E-state index contributed by atoms with van der Waals surface area (Å²) in [6.07, 6.45) is 1.63. The Balaban J connectivity index is -0.0000000608. The van der Waals surface area contributed by atoms with E-state index in [2.05, 4.69) is 39.4 Å². The number of ether oxygens (including phenoxy) is 2. The summed E-state index contributed by atoms with van der Waals surface area (Å²) < 4.78 is 9.12. The molecular formula is C19H45ClO3. The minimum atomic E-state index is -0.153. The van der Waals surface area contributed by atoms with E-state index in [0.29, 0.717) is 11.5 Å². The van der Waals surface area contributed by atoms with Gasteiger partial charge < -0.3 is 9.47 Å². The van der Waals surface area contributed by atoms with E-state index < -0.39 is 0 Å². The monoisotopic (exact) mass is 356 g/mol. The van der Waals surface area contributed by atoms with Crippen LogP contribution in [0, 0.1) is 11.8 Å². The van der Waals surface area contributed by atoms with E-state index in [0.717, 1.165) is 5.92 Å². The fourth-order valence-corrected chi connectivity index (χ4v) is 0.236. The van der Waals surface area contributed by atoms with Gasteiger partial charge in [-0.2, -0.15) is 0 Å². The van der Waals surface area contributed by atoms with Gasteiger partial charge in [-0.25, -0.2) is 0 Å². The van der Waals surface area contributed by atoms with Crippen LogP contribution in [0.5, 0.6) is 0 Å². The molecule has 146 valence electrons. The topological polar surface area (TPSA) is 35.5 Å². The molecule has 0 saturated heterocycles. The van der Waals surface area contributed by atoms with Crippen molar-refractivity contribution in [1.29, 1.82) is 0 Å². The fourth-order valence-electron chi connectivity index (χ4n) is 0.236. The lowest BCUT2D eigenvalue weighted by atomic mass is 10.2. The first-order chi connectivity index (χ1) is 10.3. The van der Waals surface area contributed by atoms with E-state index >= 15 is 0 Å². The highest BCUT2D eigenvalue weighted by Gasteiger charge is 2.03. The summed E-state index contributed by atoms with van der Waals surface area (Å²) in [5, 5.41) is 0.306. The molecular weight excluding hydrogens is 312 g/mol. The molecule has 0 aromatic carbocycles. The quantitative estimate of drug-likeness (QED) is 0.414. The summed E-state index contributed by atoms with van der Waals surface area (Å²) in [5.74, 6) is 0.685. The summed E-state index contributed by atoms with van der Waals surface area (Å²) in [5.41, 5.74) is 0. The lowest BCUT2D eigenvalue weighted by Gasteiger charge is -1.97. The first kappa shape index (κ1) is 34.1. The number of methoxy groups -OCH3 is 2. The second-order valence-electron chi connectivity index (χ2n) is 6.42. The molecule has 0 bridgehead atoms. The van der Waals surface area contributed by atoms with Gasteiger partial charge in [-0.3, -0.25) is 4.79 Å². The fraction of sp³-hybridized carbons (Fsp3) is 0.947. The molecule has 0 heterocycles. The van der Waals surface area contributed by atoms with Gasteiger partial charge in [0.25, 0.3) is 0 Å². The number of carbonyl (C=O) groups excluding carboxylic acids is 1. The number of hydrogen-bond acceptors (Lipinski definition) is 3. The number of halogens is 1. The summed E-state index contributed by atoms with van der Waals surface area (Å²) in [4.78, 5) is 10.3. The van der Waals surface area contributed by atoms with Gasteiger partial charge in [0.1, 0.15) is 0 Å². The van der Waals surface area contributed by atoms with Gasteiger partial charge >= 0.3 is 5.97 Å². The van der Waals surface area contributed by atoms with Gasteiger partial charge in [0, 0.05) is 12.5 Å². The Hall–Kier alpha value is -0.280. The largest absolute Gasteiger partial charge is 0.469 e. The minimum Gasteiger partial charge on any atom is -0.469 e. The molecule has 0 aliphatic heterocycles. The van der Waals surface area contributed by atoms with Crippen LogP contribution in [0.15, 0.2) is 0 Å². The van der Waals surface area contributed by atoms with Crippen LogP contribution in [0.2, 0.25) is 0 Å². The van der Waals surface area contributed by atoms with Crippen molar-refractivity contribution in [3.05, 3.63) is 0 Å². The van der Waals surface area contributed by atoms with E-state index in [-0.39, 0.29) is 11.9 Å². The predicted octanol–water partition coefficient (Wildman–Crippen LogP) is 6.57. The van der Waals surface area contributed by atoms with Gasteiger partial charge in [-0.1, -0.05) is 54.9 Å². The summed E-state index contributed by atoms with van der Waals surface area (Å²) in [6.45, 7) is 22.2. The maximum atomic E-state index is 10.3. The number of alkyl halides is 1. The normalized spacial score (nSPS) is 8.78. The predicted molar refractivity (Wildman–Crippen MR) is 106 cm³/mol. The van der Waals surface area contributed by atoms with Gasteiger partial charge in [-0.05, 0) is 33.6 Å². The molecule has 0 N–H and O–H groups in total. The molecule has 23 heavy (non-hydrogen) atoms. The molecule has 0 aliphatic carbocycles. The Morgan fingerprint density at radius 2 is 1.04 bits per heavy atom. The molecule has 0 aliphatic rings. The average Bonchev–Trinajstić information content (AvgIpc) is 2.37. The molecule has 0 saturated carbocycles. The number of hydrogen-bond donors (Lipinski definition) is 0. The Labute approximate surface area is 152 Å². The lowest BCUT2D eigenvalue weighted by Crippen LogP contribution is -2.07. The van der Waals surface area contributed by atoms with Crippen molar-refractivity contribution in [3.8, 4) is 0 Å². The molecule has 0 radical (unpaired) electrons. The second-order valence-corrected chi connectivity index (χ2v) is 7.29. The average molecular weight is 357 g/mol. The highest BCUT2D eigenvalue weighted by molar-refractivity contribution is 6.20. The number of esters is 1. The molecule has 3 nitrogen and oxygen atoms in total. The van der Waals surface area contributed by atoms with Crippen molar-refractivity contribution >= 4 is 17.6 Å². The third kappa shape index (κ3) is 142. The van der Waals surface area contributed by atoms with E-state index in [1.807, 2.05) is 27.7 Å². The van der Waals surface area contributed by atoms with Crippen molar-refractivity contribution in [2.45, 2.75) is 94.1 Å². The van der Waals surface area contributed by atoms with Gasteiger partial charge in [0.15, 0.2) is 0 Å². The molecule has 0 spiro atoms. The van der Waals surface area contributed by atoms with E-state index in [1.165, 1.54) is 13.5 Å². The minimum absolute atomic E-state index is 0.00463. The third-order valence-corrected chi connectivity index (χ3v) is 1.14. The molecule has 0 aromatic heterocycles. The number of carbonyl (C=O) groups is 1. The van der Waals surface area contributed by atoms with Crippen LogP contribution in [-0.2, 0) is 14.3 Å². The smallest absolute Gasteiger partial charge is 0.308 e. The zero-order valence-electron chi connectivity index (χ0n) is 18.1. The zero-order valence-corrected chi connectivity index (χ0v) is 18.9. The van der Waals surface area contributed by atoms with Crippen molar-refractivity contribution in [2.24, 2.45) is 11.8 Å². The van der Waals surface area contributed by atoms with Crippen molar-refractivity contribution < 1.29 is 14.3 Å². The SMILES string of the molecule is CC(C)C.CC(C)Cl.CCC.COC(=O)C(C)C.COC(C)C. The molecule has 0 aromatic rings. The first-order valence-electron chi connectivity index (χ1n) is 8.58. The molecule has 0 amide bonds. The molecule has 0 atom stereocenters. The van der Waals surface area contributed by atoms with Crippen LogP contribution in [0.3, 0.4) is 0 Å². The van der Waals surface area contributed by atoms with Crippen molar-refractivity contribution in [3.63, 3.8) is 0 Å². The van der Waals surface area contributed by atoms with Crippen LogP contribution >= 0.6 is 11.6 Å². The highest BCUT2D eigenvalue weighted by Crippen LogP contribution is 1.91. The van der Waals surface area contributed by atoms with Crippen molar-refractivity contribution in [2.75, 3.05) is 14.2 Å². The number of rotatable bonds is 2. The van der Waals surface area contributed by atoms with Gasteiger partial charge in [0.2, 0.25) is 0 Å². The first-order valence-corrected chi connectivity index (χ1v) is 9.01. The maximum absolute atomic E-state index is 10.3. The molecule has 0 rings (SSSR count). The van der Waals surface area contributed by atoms with Crippen LogP contribution < -0.4 is 0 Å². The molecule has 0 unspecified atom stereocenters. The van der Waals surface area contributed by atoms with Crippen LogP contribution in [0.1, 0.15) is 82.6 Å². The Morgan fingerprint density at radius 3 is 1.04 bits per heavy atom. The Kier molecular flexibility index (Phi) is 44.1.